The number of nitrogens with zero attached hydrogens (tertiary/aromatic N) is 3. The number of oxime groups is 1. The second-order valence-electron chi connectivity index (χ2n) is 4.30. The van der Waals surface area contributed by atoms with E-state index in [2.05, 4.69) is 9.99 Å². The molecule has 0 bridgehead atoms. The Kier molecular flexibility index (Phi) is 4.48. The second-order valence-corrected chi connectivity index (χ2v) is 4.30. The zero-order valence-electron chi connectivity index (χ0n) is 11.8. The van der Waals surface area contributed by atoms with Gasteiger partial charge in [-0.25, -0.2) is 9.59 Å². The van der Waals surface area contributed by atoms with E-state index in [1.165, 1.54) is 21.0 Å². The zero-order chi connectivity index (χ0) is 16.4. The maximum Gasteiger partial charge on any atom is 0.345 e. The molecule has 0 aromatic rings. The minimum Gasteiger partial charge on any atom is -0.399 e. The summed E-state index contributed by atoms with van der Waals surface area (Å²) < 4.78 is 0. The van der Waals surface area contributed by atoms with Gasteiger partial charge in [0.05, 0.1) is 0 Å². The van der Waals surface area contributed by atoms with Crippen molar-refractivity contribution in [1.82, 2.24) is 20.6 Å². The van der Waals surface area contributed by atoms with Crippen molar-refractivity contribution in [2.24, 2.45) is 5.16 Å². The van der Waals surface area contributed by atoms with Gasteiger partial charge in [-0.3, -0.25) is 25.4 Å². The van der Waals surface area contributed by atoms with Crippen LogP contribution in [0.1, 0.15) is 6.92 Å². The monoisotopic (exact) mass is 301 g/mol. The van der Waals surface area contributed by atoms with Gasteiger partial charge < -0.3 is 9.74 Å². The average molecular weight is 301 g/mol. The smallest absolute Gasteiger partial charge is 0.345 e. The summed E-state index contributed by atoms with van der Waals surface area (Å²) in [7, 11) is 3.74. The first-order chi connectivity index (χ1) is 9.69. The molecule has 11 heteroatoms. The van der Waals surface area contributed by atoms with Gasteiger partial charge in [0.2, 0.25) is 0 Å². The normalized spacial score (nSPS) is 17.8. The number of carbonyl (C=O) groups is 4. The van der Waals surface area contributed by atoms with Gasteiger partial charge in [-0.1, -0.05) is 5.16 Å². The van der Waals surface area contributed by atoms with Gasteiger partial charge in [-0.2, -0.15) is 5.06 Å². The molecule has 116 valence electrons. The molecular formula is C10H15N5O6. The Morgan fingerprint density at radius 2 is 1.71 bits per heavy atom. The van der Waals surface area contributed by atoms with Gasteiger partial charge in [-0.05, 0) is 6.92 Å². The number of amides is 6. The topological polar surface area (TPSA) is 141 Å². The van der Waals surface area contributed by atoms with Crippen molar-refractivity contribution in [1.29, 1.82) is 0 Å². The summed E-state index contributed by atoms with van der Waals surface area (Å²) in [5.41, 5.74) is -2.89. The number of hydroxylamine groups is 2. The Labute approximate surface area is 119 Å². The predicted octanol–water partition coefficient (Wildman–Crippen LogP) is -1.51. The third kappa shape index (κ3) is 2.50. The van der Waals surface area contributed by atoms with Crippen LogP contribution >= 0.6 is 0 Å². The number of hydrogen-bond donors (Lipinski definition) is 3. The highest BCUT2D eigenvalue weighted by Gasteiger charge is 2.60. The Balaban J connectivity index is 3.47. The molecule has 1 aliphatic rings. The van der Waals surface area contributed by atoms with Crippen LogP contribution in [0.4, 0.5) is 9.59 Å². The van der Waals surface area contributed by atoms with Crippen molar-refractivity contribution in [2.45, 2.75) is 12.5 Å². The molecule has 0 aromatic carbocycles. The van der Waals surface area contributed by atoms with Crippen LogP contribution in [-0.2, 0) is 14.4 Å². The molecule has 11 nitrogen and oxygen atoms in total. The summed E-state index contributed by atoms with van der Waals surface area (Å²) in [6, 6.07) is -2.14. The number of nitrogens with one attached hydrogen (secondary N) is 2. The summed E-state index contributed by atoms with van der Waals surface area (Å²) in [4.78, 5) is 52.7. The number of barbiturate groups is 1. The van der Waals surface area contributed by atoms with E-state index in [1.54, 1.807) is 10.6 Å². The lowest BCUT2D eigenvalue weighted by molar-refractivity contribution is -0.163. The number of hydrogen-bond acceptors (Lipinski definition) is 7. The summed E-state index contributed by atoms with van der Waals surface area (Å²) in [5.74, 6) is -2.46. The van der Waals surface area contributed by atoms with Gasteiger partial charge in [0.25, 0.3) is 17.4 Å². The molecule has 0 saturated carbocycles. The highest BCUT2D eigenvalue weighted by molar-refractivity contribution is 6.36. The Bertz CT molecular complexity index is 508. The van der Waals surface area contributed by atoms with Crippen LogP contribution < -0.4 is 10.6 Å². The summed E-state index contributed by atoms with van der Waals surface area (Å²) in [5, 5.41) is 17.0. The number of carbonyl (C=O) groups excluding carboxylic acids is 4. The minimum absolute atomic E-state index is 0.109. The number of urea groups is 2. The maximum atomic E-state index is 12.1. The fourth-order valence-electron chi connectivity index (χ4n) is 1.73. The van der Waals surface area contributed by atoms with Crippen molar-refractivity contribution >= 4 is 29.6 Å². The molecule has 6 amide bonds. The van der Waals surface area contributed by atoms with Crippen LogP contribution in [0.2, 0.25) is 0 Å². The predicted molar refractivity (Wildman–Crippen MR) is 67.2 cm³/mol. The van der Waals surface area contributed by atoms with Gasteiger partial charge in [0.15, 0.2) is 0 Å². The van der Waals surface area contributed by atoms with Gasteiger partial charge in [-0.15, -0.1) is 0 Å². The van der Waals surface area contributed by atoms with Crippen LogP contribution in [-0.4, -0.2) is 71.5 Å². The molecule has 0 unspecified atom stereocenters. The lowest BCUT2D eigenvalue weighted by Crippen LogP contribution is -2.77. The van der Waals surface area contributed by atoms with Crippen LogP contribution in [0.15, 0.2) is 5.16 Å². The van der Waals surface area contributed by atoms with E-state index in [0.29, 0.717) is 0 Å². The fraction of sp³-hybridized carbons (Fsp3) is 0.500. The first-order valence-corrected chi connectivity index (χ1v) is 5.65. The molecular weight excluding hydrogens is 286 g/mol. The average Bonchev–Trinajstić information content (AvgIpc) is 2.37. The molecule has 3 N–H and O–H groups in total. The highest BCUT2D eigenvalue weighted by Crippen LogP contribution is 2.21. The Hall–Kier alpha value is -2.69. The molecule has 1 rings (SSSR count). The quantitative estimate of drug-likeness (QED) is 0.250. The largest absolute Gasteiger partial charge is 0.399 e. The highest BCUT2D eigenvalue weighted by atomic mass is 16.6. The third-order valence-corrected chi connectivity index (χ3v) is 2.74. The lowest BCUT2D eigenvalue weighted by Gasteiger charge is -2.38. The van der Waals surface area contributed by atoms with Gasteiger partial charge in [0, 0.05) is 14.1 Å². The molecule has 0 aromatic heterocycles. The summed E-state index contributed by atoms with van der Waals surface area (Å²) >= 11 is 0. The van der Waals surface area contributed by atoms with Crippen LogP contribution in [0.25, 0.3) is 0 Å². The van der Waals surface area contributed by atoms with E-state index in [0.717, 1.165) is 12.0 Å². The molecule has 1 heterocycles. The Morgan fingerprint density at radius 1 is 1.24 bits per heavy atom. The van der Waals surface area contributed by atoms with E-state index in [4.69, 9.17) is 0 Å². The molecule has 1 aliphatic heterocycles. The van der Waals surface area contributed by atoms with Crippen molar-refractivity contribution in [3.05, 3.63) is 0 Å². The molecule has 0 aliphatic carbocycles. The second kappa shape index (κ2) is 5.75. The van der Waals surface area contributed by atoms with Crippen molar-refractivity contribution in [3.8, 4) is 0 Å². The van der Waals surface area contributed by atoms with Crippen molar-refractivity contribution in [3.63, 3.8) is 0 Å². The number of rotatable bonds is 3. The number of imide groups is 2. The maximum absolute atomic E-state index is 12.1. The molecule has 0 atom stereocenters. The van der Waals surface area contributed by atoms with E-state index in [-0.39, 0.29) is 10.8 Å². The first-order valence-electron chi connectivity index (χ1n) is 5.65. The van der Waals surface area contributed by atoms with Crippen LogP contribution in [0.5, 0.6) is 0 Å². The first kappa shape index (κ1) is 16.4. The van der Waals surface area contributed by atoms with Crippen molar-refractivity contribution < 1.29 is 29.2 Å². The van der Waals surface area contributed by atoms with Gasteiger partial charge >= 0.3 is 12.1 Å². The van der Waals surface area contributed by atoms with Crippen LogP contribution in [0, 0.1) is 0 Å². The lowest BCUT2D eigenvalue weighted by atomic mass is 9.89. The van der Waals surface area contributed by atoms with Crippen LogP contribution in [0.3, 0.4) is 0 Å². The molecule has 0 spiro atoms. The third-order valence-electron chi connectivity index (χ3n) is 2.74. The Morgan fingerprint density at radius 3 is 2.10 bits per heavy atom. The molecule has 21 heavy (non-hydrogen) atoms. The zero-order valence-corrected chi connectivity index (χ0v) is 11.8. The SMILES string of the molecule is CON=C(C)C1(N(O)C(=O)N(C)C)C(=O)NC(=O)NC1=O. The molecule has 1 fully saturated rings. The standard InChI is InChI=1S/C10H15N5O6/c1-5(13-21-4)10(15(20)9(19)14(2)3)6(16)11-8(18)12-7(10)17/h20H,1-4H3,(H2,11,12,16,17,18). The molecule has 1 saturated heterocycles. The summed E-state index contributed by atoms with van der Waals surface area (Å²) in [6.45, 7) is 1.19. The van der Waals surface area contributed by atoms with Crippen molar-refractivity contribution in [2.75, 3.05) is 21.2 Å². The van der Waals surface area contributed by atoms with E-state index >= 15 is 0 Å². The van der Waals surface area contributed by atoms with E-state index in [9.17, 15) is 24.4 Å². The summed E-state index contributed by atoms with van der Waals surface area (Å²) in [6.07, 6.45) is 0. The van der Waals surface area contributed by atoms with E-state index in [1.807, 2.05) is 0 Å². The minimum atomic E-state index is -2.55. The van der Waals surface area contributed by atoms with E-state index < -0.39 is 29.4 Å². The van der Waals surface area contributed by atoms with Gasteiger partial charge in [0.1, 0.15) is 12.8 Å². The fourth-order valence-corrected chi connectivity index (χ4v) is 1.73. The molecule has 0 radical (unpaired) electrons.